The molecular formula is C22H27N5O3S. The zero-order chi connectivity index (χ0) is 21.4. The molecule has 9 heteroatoms. The third kappa shape index (κ3) is 4.17. The summed E-state index contributed by atoms with van der Waals surface area (Å²) in [5.74, 6) is 0.550. The van der Waals surface area contributed by atoms with Crippen LogP contribution in [0.15, 0.2) is 34.3 Å². The van der Waals surface area contributed by atoms with Gasteiger partial charge in [0.25, 0.3) is 0 Å². The molecule has 3 N–H and O–H groups in total. The molecule has 2 fully saturated rings. The molecule has 0 spiro atoms. The third-order valence-electron chi connectivity index (χ3n) is 6.45. The van der Waals surface area contributed by atoms with Gasteiger partial charge in [0.2, 0.25) is 5.91 Å². The van der Waals surface area contributed by atoms with Gasteiger partial charge in [0.05, 0.1) is 18.0 Å². The molecule has 0 atom stereocenters. The summed E-state index contributed by atoms with van der Waals surface area (Å²) in [5.41, 5.74) is 1.06. The van der Waals surface area contributed by atoms with E-state index in [1.54, 1.807) is 6.20 Å². The van der Waals surface area contributed by atoms with E-state index in [4.69, 9.17) is 4.52 Å². The number of anilines is 1. The Morgan fingerprint density at radius 3 is 2.90 bits per heavy atom. The molecule has 0 bridgehead atoms. The Balaban J connectivity index is 1.06. The summed E-state index contributed by atoms with van der Waals surface area (Å²) in [6.45, 7) is 3.89. The van der Waals surface area contributed by atoms with E-state index in [1.807, 2.05) is 30.5 Å². The molecule has 2 aliphatic rings. The van der Waals surface area contributed by atoms with Gasteiger partial charge in [-0.05, 0) is 44.7 Å². The summed E-state index contributed by atoms with van der Waals surface area (Å²) in [5, 5.41) is 24.7. The first-order valence-corrected chi connectivity index (χ1v) is 11.6. The van der Waals surface area contributed by atoms with Crippen molar-refractivity contribution in [2.24, 2.45) is 0 Å². The minimum atomic E-state index is -0.765. The number of amides is 1. The van der Waals surface area contributed by atoms with Crippen molar-refractivity contribution in [2.45, 2.75) is 50.3 Å². The smallest absolute Gasteiger partial charge is 0.239 e. The van der Waals surface area contributed by atoms with Crippen LogP contribution in [0.5, 0.6) is 0 Å². The average molecular weight is 442 g/mol. The lowest BCUT2D eigenvalue weighted by molar-refractivity contribution is -0.121. The van der Waals surface area contributed by atoms with Crippen LogP contribution in [-0.4, -0.2) is 57.8 Å². The maximum Gasteiger partial charge on any atom is 0.239 e. The third-order valence-corrected chi connectivity index (χ3v) is 7.41. The predicted octanol–water partition coefficient (Wildman–Crippen LogP) is 2.64. The number of hydrogen-bond acceptors (Lipinski definition) is 8. The second-order valence-electron chi connectivity index (χ2n) is 8.70. The number of fused-ring (bicyclic) bond motifs is 1. The van der Waals surface area contributed by atoms with Crippen LogP contribution in [0.25, 0.3) is 11.0 Å². The van der Waals surface area contributed by atoms with Gasteiger partial charge in [0.1, 0.15) is 10.6 Å². The predicted molar refractivity (Wildman–Crippen MR) is 119 cm³/mol. The van der Waals surface area contributed by atoms with Crippen LogP contribution in [-0.2, 0) is 10.4 Å². The molecule has 3 heterocycles. The number of hydrogen-bond donors (Lipinski definition) is 3. The monoisotopic (exact) mass is 441 g/mol. The number of thiazole rings is 1. The van der Waals surface area contributed by atoms with Crippen molar-refractivity contribution in [2.75, 3.05) is 25.0 Å². The molecule has 2 aromatic heterocycles. The highest BCUT2D eigenvalue weighted by Gasteiger charge is 2.41. The summed E-state index contributed by atoms with van der Waals surface area (Å²) in [6.07, 6.45) is 5.16. The normalized spacial score (nSPS) is 24.8. The lowest BCUT2D eigenvalue weighted by Gasteiger charge is -2.47. The number of rotatable bonds is 6. The molecule has 1 amide bonds. The number of nitrogens with zero attached hydrogens (tertiary/aromatic N) is 3. The van der Waals surface area contributed by atoms with E-state index < -0.39 is 5.60 Å². The molecular weight excluding hydrogens is 414 g/mol. The molecule has 1 saturated carbocycles. The van der Waals surface area contributed by atoms with Gasteiger partial charge >= 0.3 is 0 Å². The Kier molecular flexibility index (Phi) is 5.41. The minimum Gasteiger partial charge on any atom is -0.383 e. The van der Waals surface area contributed by atoms with Crippen LogP contribution in [0.4, 0.5) is 5.82 Å². The van der Waals surface area contributed by atoms with Crippen molar-refractivity contribution in [1.29, 1.82) is 0 Å². The fourth-order valence-electron chi connectivity index (χ4n) is 4.64. The highest BCUT2D eigenvalue weighted by atomic mass is 32.1. The van der Waals surface area contributed by atoms with E-state index >= 15 is 0 Å². The molecule has 1 saturated heterocycles. The molecule has 8 nitrogen and oxygen atoms in total. The van der Waals surface area contributed by atoms with Crippen LogP contribution >= 0.6 is 11.3 Å². The molecule has 1 aliphatic carbocycles. The van der Waals surface area contributed by atoms with Crippen molar-refractivity contribution in [3.63, 3.8) is 0 Å². The van der Waals surface area contributed by atoms with E-state index in [2.05, 4.69) is 25.7 Å². The number of likely N-dealkylation sites (tertiary alicyclic amines) is 1. The highest BCUT2D eigenvalue weighted by Crippen LogP contribution is 2.40. The Morgan fingerprint density at radius 2 is 2.16 bits per heavy atom. The van der Waals surface area contributed by atoms with Gasteiger partial charge in [-0.25, -0.2) is 4.98 Å². The summed E-state index contributed by atoms with van der Waals surface area (Å²) in [4.78, 5) is 19.1. The number of carbonyl (C=O) groups excluding carboxylic acids is 1. The van der Waals surface area contributed by atoms with Gasteiger partial charge < -0.3 is 20.3 Å². The minimum absolute atomic E-state index is 0.0461. The molecule has 0 radical (unpaired) electrons. The number of carbonyl (C=O) groups is 1. The first-order valence-electron chi connectivity index (χ1n) is 10.8. The van der Waals surface area contributed by atoms with Gasteiger partial charge in [-0.3, -0.25) is 9.69 Å². The maximum absolute atomic E-state index is 12.4. The number of aryl methyl sites for hydroxylation is 1. The van der Waals surface area contributed by atoms with Gasteiger partial charge in [-0.1, -0.05) is 16.8 Å². The Labute approximate surface area is 184 Å². The SMILES string of the molecule is Cc1ccc2onc(NCC(=O)NC3CN(C4CCC(O)(c5nccs5)CC4)C3)c2c1. The van der Waals surface area contributed by atoms with E-state index in [0.717, 1.165) is 54.7 Å². The quantitative estimate of drug-likeness (QED) is 0.540. The molecule has 5 rings (SSSR count). The topological polar surface area (TPSA) is 104 Å². The van der Waals surface area contributed by atoms with Crippen LogP contribution in [0.2, 0.25) is 0 Å². The second kappa shape index (κ2) is 8.22. The summed E-state index contributed by atoms with van der Waals surface area (Å²) >= 11 is 1.53. The van der Waals surface area contributed by atoms with Crippen molar-refractivity contribution < 1.29 is 14.4 Å². The summed E-state index contributed by atoms with van der Waals surface area (Å²) < 4.78 is 5.30. The van der Waals surface area contributed by atoms with Crippen molar-refractivity contribution in [1.82, 2.24) is 20.4 Å². The Morgan fingerprint density at radius 1 is 1.35 bits per heavy atom. The number of aromatic nitrogens is 2. The summed E-state index contributed by atoms with van der Waals surface area (Å²) in [6, 6.07) is 6.49. The molecule has 0 unspecified atom stereocenters. The fraction of sp³-hybridized carbons (Fsp3) is 0.500. The Bertz CT molecular complexity index is 1050. The fourth-order valence-corrected chi connectivity index (χ4v) is 5.43. The van der Waals surface area contributed by atoms with Crippen molar-refractivity contribution in [3.05, 3.63) is 40.3 Å². The highest BCUT2D eigenvalue weighted by molar-refractivity contribution is 7.09. The van der Waals surface area contributed by atoms with E-state index in [1.165, 1.54) is 11.3 Å². The van der Waals surface area contributed by atoms with Gasteiger partial charge in [0.15, 0.2) is 11.4 Å². The first-order chi connectivity index (χ1) is 15.0. The van der Waals surface area contributed by atoms with Gasteiger partial charge in [-0.2, -0.15) is 0 Å². The number of aliphatic hydroxyl groups is 1. The Hall–Kier alpha value is -2.49. The number of nitrogens with one attached hydrogen (secondary N) is 2. The molecule has 1 aromatic carbocycles. The van der Waals surface area contributed by atoms with Crippen molar-refractivity contribution in [3.8, 4) is 0 Å². The molecule has 3 aromatic rings. The van der Waals surface area contributed by atoms with Crippen LogP contribution in [0.1, 0.15) is 36.3 Å². The largest absolute Gasteiger partial charge is 0.383 e. The van der Waals surface area contributed by atoms with Crippen LogP contribution in [0.3, 0.4) is 0 Å². The molecule has 31 heavy (non-hydrogen) atoms. The van der Waals surface area contributed by atoms with E-state index in [9.17, 15) is 9.90 Å². The lowest BCUT2D eigenvalue weighted by atomic mass is 9.81. The van der Waals surface area contributed by atoms with Gasteiger partial charge in [0, 0.05) is 30.7 Å². The lowest BCUT2D eigenvalue weighted by Crippen LogP contribution is -2.63. The van der Waals surface area contributed by atoms with Crippen LogP contribution < -0.4 is 10.6 Å². The standard InChI is InChI=1S/C22H27N5O3S/c1-14-2-3-18-17(10-14)20(26-30-18)24-11-19(28)25-15-12-27(13-15)16-4-6-22(29,7-5-16)21-23-8-9-31-21/h2-3,8-10,15-16,29H,4-7,11-13H2,1H3,(H,24,26)(H,25,28). The van der Waals surface area contributed by atoms with Gasteiger partial charge in [-0.15, -0.1) is 11.3 Å². The molecule has 164 valence electrons. The zero-order valence-electron chi connectivity index (χ0n) is 17.5. The maximum atomic E-state index is 12.4. The molecule has 1 aliphatic heterocycles. The zero-order valence-corrected chi connectivity index (χ0v) is 18.3. The second-order valence-corrected chi connectivity index (χ2v) is 9.60. The average Bonchev–Trinajstić information content (AvgIpc) is 3.40. The van der Waals surface area contributed by atoms with Crippen LogP contribution in [0, 0.1) is 6.92 Å². The van der Waals surface area contributed by atoms with E-state index in [-0.39, 0.29) is 18.5 Å². The summed E-state index contributed by atoms with van der Waals surface area (Å²) in [7, 11) is 0. The van der Waals surface area contributed by atoms with E-state index in [0.29, 0.717) is 17.4 Å². The van der Waals surface area contributed by atoms with Crippen molar-refractivity contribution >= 4 is 34.0 Å². The number of benzene rings is 1. The first kappa shape index (κ1) is 20.4.